The minimum Gasteiger partial charge on any atom is -0.455 e. The van der Waals surface area contributed by atoms with E-state index in [2.05, 4.69) is 27.6 Å². The Morgan fingerprint density at radius 3 is 2.78 bits per heavy atom. The summed E-state index contributed by atoms with van der Waals surface area (Å²) in [6.07, 6.45) is 1.48. The minimum atomic E-state index is -0.481. The Hall–Kier alpha value is -2.35. The maximum absolute atomic E-state index is 12.1. The molecule has 5 nitrogen and oxygen atoms in total. The molecule has 23 heavy (non-hydrogen) atoms. The van der Waals surface area contributed by atoms with E-state index in [-0.39, 0.29) is 6.61 Å². The number of nitrogens with zero attached hydrogens (tertiary/aromatic N) is 1. The van der Waals surface area contributed by atoms with Crippen molar-refractivity contribution in [3.63, 3.8) is 0 Å². The van der Waals surface area contributed by atoms with Crippen LogP contribution in [0.2, 0.25) is 0 Å². The zero-order valence-electron chi connectivity index (χ0n) is 12.0. The van der Waals surface area contributed by atoms with Crippen LogP contribution in [0.15, 0.2) is 59.2 Å². The van der Waals surface area contributed by atoms with Crippen LogP contribution in [0.25, 0.3) is 11.5 Å². The van der Waals surface area contributed by atoms with Gasteiger partial charge in [-0.15, -0.1) is 0 Å². The predicted molar refractivity (Wildman–Crippen MR) is 94.6 cm³/mol. The number of halogens is 1. The number of ether oxygens (including phenoxy) is 1. The number of esters is 1. The molecule has 2 N–H and O–H groups in total. The first-order valence-electron chi connectivity index (χ1n) is 6.85. The lowest BCUT2D eigenvalue weighted by Gasteiger charge is -2.06. The molecular weight excluding hydrogens is 407 g/mol. The number of nitrogens with two attached hydrogens (primary N) is 1. The van der Waals surface area contributed by atoms with Gasteiger partial charge in [-0.3, -0.25) is 0 Å². The van der Waals surface area contributed by atoms with E-state index in [1.165, 1.54) is 6.26 Å². The van der Waals surface area contributed by atoms with Gasteiger partial charge in [0.25, 0.3) is 0 Å². The largest absolute Gasteiger partial charge is 0.455 e. The van der Waals surface area contributed by atoms with E-state index in [0.717, 1.165) is 9.13 Å². The lowest BCUT2D eigenvalue weighted by Crippen LogP contribution is -2.08. The quantitative estimate of drug-likeness (QED) is 0.394. The first kappa shape index (κ1) is 15.5. The Labute approximate surface area is 146 Å². The van der Waals surface area contributed by atoms with Crippen molar-refractivity contribution in [1.82, 2.24) is 4.98 Å². The fourth-order valence-corrected chi connectivity index (χ4v) is 2.50. The second-order valence-corrected chi connectivity index (χ2v) is 6.06. The van der Waals surface area contributed by atoms with Crippen LogP contribution in [-0.2, 0) is 11.3 Å². The maximum atomic E-state index is 12.1. The second-order valence-electron chi connectivity index (χ2n) is 4.82. The number of benzene rings is 2. The van der Waals surface area contributed by atoms with Crippen LogP contribution in [0.5, 0.6) is 0 Å². The molecule has 0 aliphatic carbocycles. The number of hydrogen-bond donors (Lipinski definition) is 1. The van der Waals surface area contributed by atoms with Crippen LogP contribution >= 0.6 is 22.6 Å². The zero-order valence-corrected chi connectivity index (χ0v) is 14.2. The number of carbonyl (C=O) groups excluding carboxylic acids is 1. The summed E-state index contributed by atoms with van der Waals surface area (Å²) in [5.74, 6) is 0.00991. The van der Waals surface area contributed by atoms with Gasteiger partial charge < -0.3 is 14.9 Å². The summed E-state index contributed by atoms with van der Waals surface area (Å²) in [5.41, 5.74) is 7.95. The zero-order chi connectivity index (χ0) is 16.2. The highest BCUT2D eigenvalue weighted by atomic mass is 127. The van der Waals surface area contributed by atoms with Crippen LogP contribution in [-0.4, -0.2) is 11.0 Å². The van der Waals surface area contributed by atoms with Crippen LogP contribution in [0.3, 0.4) is 0 Å². The van der Waals surface area contributed by atoms with Crippen LogP contribution in [0.4, 0.5) is 5.69 Å². The summed E-state index contributed by atoms with van der Waals surface area (Å²) in [6, 6.07) is 14.7. The Kier molecular flexibility index (Phi) is 4.61. The van der Waals surface area contributed by atoms with E-state index in [4.69, 9.17) is 14.9 Å². The van der Waals surface area contributed by atoms with Crippen LogP contribution < -0.4 is 5.73 Å². The smallest absolute Gasteiger partial charge is 0.340 e. The van der Waals surface area contributed by atoms with Gasteiger partial charge in [0.05, 0.1) is 5.56 Å². The first-order valence-corrected chi connectivity index (χ1v) is 7.93. The van der Waals surface area contributed by atoms with Gasteiger partial charge in [0.15, 0.2) is 0 Å². The number of oxazole rings is 1. The molecule has 0 atom stereocenters. The molecule has 0 unspecified atom stereocenters. The Morgan fingerprint density at radius 2 is 2.00 bits per heavy atom. The molecule has 2 aromatic carbocycles. The third kappa shape index (κ3) is 3.70. The van der Waals surface area contributed by atoms with E-state index in [1.54, 1.807) is 12.1 Å². The molecule has 3 rings (SSSR count). The standard InChI is InChI=1S/C17H13IN2O3/c18-12-6-7-15(19)14(8-12)17(21)23-10-13-9-22-16(20-13)11-4-2-1-3-5-11/h1-9H,10,19H2. The van der Waals surface area contributed by atoms with Gasteiger partial charge in [-0.1, -0.05) is 18.2 Å². The van der Waals surface area contributed by atoms with E-state index >= 15 is 0 Å². The van der Waals surface area contributed by atoms with E-state index in [9.17, 15) is 4.79 Å². The maximum Gasteiger partial charge on any atom is 0.340 e. The highest BCUT2D eigenvalue weighted by molar-refractivity contribution is 14.1. The molecule has 6 heteroatoms. The number of nitrogen functional groups attached to an aromatic ring is 1. The van der Waals surface area contributed by atoms with Crippen molar-refractivity contribution >= 4 is 34.2 Å². The fourth-order valence-electron chi connectivity index (χ4n) is 2.01. The monoisotopic (exact) mass is 420 g/mol. The van der Waals surface area contributed by atoms with Crippen molar-refractivity contribution < 1.29 is 13.9 Å². The average Bonchev–Trinajstić information content (AvgIpc) is 3.05. The summed E-state index contributed by atoms with van der Waals surface area (Å²) in [5, 5.41) is 0. The first-order chi connectivity index (χ1) is 11.1. The van der Waals surface area contributed by atoms with Gasteiger partial charge >= 0.3 is 5.97 Å². The predicted octanol–water partition coefficient (Wildman–Crippen LogP) is 3.89. The molecule has 0 bridgehead atoms. The third-order valence-electron chi connectivity index (χ3n) is 3.16. The fraction of sp³-hybridized carbons (Fsp3) is 0.0588. The average molecular weight is 420 g/mol. The number of anilines is 1. The number of hydrogen-bond acceptors (Lipinski definition) is 5. The van der Waals surface area contributed by atoms with E-state index < -0.39 is 5.97 Å². The summed E-state index contributed by atoms with van der Waals surface area (Å²) in [6.45, 7) is 0.0279. The van der Waals surface area contributed by atoms with E-state index in [1.807, 2.05) is 36.4 Å². The normalized spacial score (nSPS) is 10.5. The molecule has 0 spiro atoms. The van der Waals surface area contributed by atoms with Gasteiger partial charge in [0.1, 0.15) is 18.6 Å². The molecule has 0 fully saturated rings. The number of carbonyl (C=O) groups is 1. The topological polar surface area (TPSA) is 78.4 Å². The van der Waals surface area contributed by atoms with Gasteiger partial charge in [-0.05, 0) is 52.9 Å². The third-order valence-corrected chi connectivity index (χ3v) is 3.83. The Balaban J connectivity index is 1.68. The summed E-state index contributed by atoms with van der Waals surface area (Å²) in [7, 11) is 0. The van der Waals surface area contributed by atoms with Crippen LogP contribution in [0, 0.1) is 3.57 Å². The molecular formula is C17H13IN2O3. The highest BCUT2D eigenvalue weighted by Crippen LogP contribution is 2.20. The van der Waals surface area contributed by atoms with Crippen molar-refractivity contribution in [2.45, 2.75) is 6.61 Å². The number of aromatic nitrogens is 1. The molecule has 3 aromatic rings. The molecule has 116 valence electrons. The van der Waals surface area contributed by atoms with Crippen molar-refractivity contribution in [2.75, 3.05) is 5.73 Å². The molecule has 0 amide bonds. The lowest BCUT2D eigenvalue weighted by molar-refractivity contribution is 0.0469. The molecule has 0 aliphatic rings. The number of rotatable bonds is 4. The Morgan fingerprint density at radius 1 is 1.22 bits per heavy atom. The summed E-state index contributed by atoms with van der Waals surface area (Å²) in [4.78, 5) is 16.4. The second kappa shape index (κ2) is 6.82. The molecule has 0 saturated heterocycles. The minimum absolute atomic E-state index is 0.0279. The molecule has 0 saturated carbocycles. The Bertz CT molecular complexity index is 831. The summed E-state index contributed by atoms with van der Waals surface area (Å²) < 4.78 is 11.6. The van der Waals surface area contributed by atoms with Crippen molar-refractivity contribution in [2.24, 2.45) is 0 Å². The van der Waals surface area contributed by atoms with Gasteiger partial charge in [-0.2, -0.15) is 0 Å². The summed E-state index contributed by atoms with van der Waals surface area (Å²) >= 11 is 2.11. The van der Waals surface area contributed by atoms with Crippen molar-refractivity contribution in [1.29, 1.82) is 0 Å². The molecule has 1 aromatic heterocycles. The molecule has 0 radical (unpaired) electrons. The SMILES string of the molecule is Nc1ccc(I)cc1C(=O)OCc1coc(-c2ccccc2)n1. The van der Waals surface area contributed by atoms with Crippen molar-refractivity contribution in [3.05, 3.63) is 69.6 Å². The molecule has 0 aliphatic heterocycles. The van der Waals surface area contributed by atoms with Gasteiger partial charge in [0, 0.05) is 14.8 Å². The van der Waals surface area contributed by atoms with Gasteiger partial charge in [-0.25, -0.2) is 9.78 Å². The van der Waals surface area contributed by atoms with E-state index in [0.29, 0.717) is 22.8 Å². The highest BCUT2D eigenvalue weighted by Gasteiger charge is 2.13. The van der Waals surface area contributed by atoms with Crippen LogP contribution in [0.1, 0.15) is 16.1 Å². The lowest BCUT2D eigenvalue weighted by atomic mass is 10.2. The molecule has 1 heterocycles. The van der Waals surface area contributed by atoms with Gasteiger partial charge in [0.2, 0.25) is 5.89 Å². The van der Waals surface area contributed by atoms with Crippen molar-refractivity contribution in [3.8, 4) is 11.5 Å².